The van der Waals surface area contributed by atoms with E-state index in [1.807, 2.05) is 32.9 Å². The molecular weight excluding hydrogens is 576 g/mol. The van der Waals surface area contributed by atoms with Gasteiger partial charge >= 0.3 is 19.6 Å². The number of methoxy groups -OCH3 is 1. The van der Waals surface area contributed by atoms with Crippen LogP contribution in [0, 0.1) is 24.2 Å². The zero-order chi connectivity index (χ0) is 28.5. The lowest BCUT2D eigenvalue weighted by molar-refractivity contribution is -0.0597. The minimum Gasteiger partial charge on any atom is -0.429 e. The first-order valence-corrected chi connectivity index (χ1v) is 17.4. The maximum atomic E-state index is 12.7. The fourth-order valence-electron chi connectivity index (χ4n) is 3.57. The number of nitriles is 1. The molecule has 2 heterocycles. The number of hydrogen-bond donors (Lipinski definition) is 1. The lowest BCUT2D eigenvalue weighted by Gasteiger charge is -2.30. The topological polar surface area (TPSA) is 151 Å². The molecule has 1 saturated heterocycles. The van der Waals surface area contributed by atoms with Crippen LogP contribution in [-0.4, -0.2) is 54.4 Å². The van der Waals surface area contributed by atoms with Crippen molar-refractivity contribution in [3.8, 4) is 6.07 Å². The SMILES string of the molecule is CCC(=CC(C)C)OP(=S)(OCCC#N)OC1C(CO[P+](=O)SC)OC(n2cc(C)c(=O)[nH]c2=O)C1OC. The van der Waals surface area contributed by atoms with Gasteiger partial charge in [0.1, 0.15) is 30.7 Å². The molecule has 1 aliphatic heterocycles. The average molecular weight is 611 g/mol. The van der Waals surface area contributed by atoms with E-state index in [4.69, 9.17) is 44.6 Å². The zero-order valence-electron chi connectivity index (χ0n) is 22.1. The number of ether oxygens (including phenoxy) is 2. The van der Waals surface area contributed by atoms with Crippen molar-refractivity contribution in [3.05, 3.63) is 44.4 Å². The Balaban J connectivity index is 2.51. The lowest BCUT2D eigenvalue weighted by Crippen LogP contribution is -2.40. The molecule has 12 nitrogen and oxygen atoms in total. The van der Waals surface area contributed by atoms with Gasteiger partial charge < -0.3 is 14.0 Å². The van der Waals surface area contributed by atoms with E-state index in [0.29, 0.717) is 12.2 Å². The highest BCUT2D eigenvalue weighted by Crippen LogP contribution is 2.56. The third kappa shape index (κ3) is 9.08. The molecule has 0 radical (unpaired) electrons. The first-order valence-electron chi connectivity index (χ1n) is 11.8. The number of aromatic nitrogens is 2. The summed E-state index contributed by atoms with van der Waals surface area (Å²) in [6, 6.07) is 2.00. The van der Waals surface area contributed by atoms with Gasteiger partial charge in [-0.1, -0.05) is 20.8 Å². The fourth-order valence-corrected chi connectivity index (χ4v) is 6.75. The molecular formula is C22H34N3O9P2S2+. The summed E-state index contributed by atoms with van der Waals surface area (Å²) in [5.74, 6) is 0.730. The molecule has 0 spiro atoms. The van der Waals surface area contributed by atoms with Crippen molar-refractivity contribution >= 4 is 37.1 Å². The van der Waals surface area contributed by atoms with E-state index in [2.05, 4.69) is 4.98 Å². The Hall–Kier alpha value is -1.39. The summed E-state index contributed by atoms with van der Waals surface area (Å²) < 4.78 is 48.7. The van der Waals surface area contributed by atoms with Crippen LogP contribution in [0.2, 0.25) is 0 Å². The highest BCUT2D eigenvalue weighted by Gasteiger charge is 2.51. The average Bonchev–Trinajstić information content (AvgIpc) is 3.20. The van der Waals surface area contributed by atoms with Gasteiger partial charge in [0.15, 0.2) is 17.6 Å². The smallest absolute Gasteiger partial charge is 0.429 e. The molecule has 0 aromatic carbocycles. The van der Waals surface area contributed by atoms with E-state index in [-0.39, 0.29) is 31.1 Å². The molecule has 6 unspecified atom stereocenters. The minimum absolute atomic E-state index is 0.0286. The van der Waals surface area contributed by atoms with E-state index in [1.165, 1.54) is 17.9 Å². The van der Waals surface area contributed by atoms with E-state index < -0.39 is 49.7 Å². The first kappa shape index (κ1) is 32.8. The normalized spacial score (nSPS) is 23.7. The van der Waals surface area contributed by atoms with Gasteiger partial charge in [0.2, 0.25) is 0 Å². The summed E-state index contributed by atoms with van der Waals surface area (Å²) >= 11 is 6.77. The van der Waals surface area contributed by atoms with Gasteiger partial charge in [-0.05, 0) is 23.5 Å². The van der Waals surface area contributed by atoms with E-state index >= 15 is 0 Å². The molecule has 0 amide bonds. The molecule has 1 fully saturated rings. The number of rotatable bonds is 15. The second-order valence-electron chi connectivity index (χ2n) is 8.53. The summed E-state index contributed by atoms with van der Waals surface area (Å²) in [4.78, 5) is 26.8. The van der Waals surface area contributed by atoms with Crippen LogP contribution in [0.3, 0.4) is 0 Å². The van der Waals surface area contributed by atoms with Gasteiger partial charge in [-0.25, -0.2) is 4.79 Å². The second-order valence-corrected chi connectivity index (χ2v) is 14.5. The molecule has 2 rings (SSSR count). The Morgan fingerprint density at radius 1 is 1.42 bits per heavy atom. The molecule has 1 aromatic rings. The zero-order valence-corrected chi connectivity index (χ0v) is 25.6. The summed E-state index contributed by atoms with van der Waals surface area (Å²) in [5, 5.41) is 9.00. The van der Waals surface area contributed by atoms with Gasteiger partial charge in [0.05, 0.1) is 19.1 Å². The van der Waals surface area contributed by atoms with E-state index in [0.717, 1.165) is 11.4 Å². The van der Waals surface area contributed by atoms with Gasteiger partial charge in [-0.2, -0.15) is 5.26 Å². The molecule has 1 aromatic heterocycles. The van der Waals surface area contributed by atoms with Crippen LogP contribution in [0.15, 0.2) is 27.6 Å². The van der Waals surface area contributed by atoms with Gasteiger partial charge in [0, 0.05) is 43.4 Å². The molecule has 38 heavy (non-hydrogen) atoms. The standard InChI is InChI=1S/C22H33N3O9P2S2/c1-7-16(11-14(2)3)33-36(37,31-10-8-9-23)34-18-17(13-30-35(28)38-6)32-21(19(18)29-5)25-12-15(4)20(26)24-22(25)27/h11-12,14,17-19,21H,7-8,10,13H2,1-6H3/p+1. The van der Waals surface area contributed by atoms with Crippen molar-refractivity contribution in [1.29, 1.82) is 5.26 Å². The number of aryl methyl sites for hydroxylation is 1. The molecule has 212 valence electrons. The maximum absolute atomic E-state index is 12.7. The number of nitrogens with one attached hydrogen (secondary N) is 1. The van der Waals surface area contributed by atoms with Crippen LogP contribution in [0.5, 0.6) is 0 Å². The number of H-pyrrole nitrogens is 1. The molecule has 6 atom stereocenters. The lowest BCUT2D eigenvalue weighted by atomic mass is 10.1. The van der Waals surface area contributed by atoms with Gasteiger partial charge in [-0.3, -0.25) is 23.4 Å². The maximum Gasteiger partial charge on any atom is 0.585 e. The number of allylic oxidation sites excluding steroid dienone is 2. The van der Waals surface area contributed by atoms with Crippen LogP contribution in [0.1, 0.15) is 45.4 Å². The molecule has 1 aliphatic rings. The van der Waals surface area contributed by atoms with Crippen LogP contribution in [0.25, 0.3) is 0 Å². The number of aromatic amines is 1. The van der Waals surface area contributed by atoms with Crippen LogP contribution >= 0.6 is 25.3 Å². The summed E-state index contributed by atoms with van der Waals surface area (Å²) in [5.41, 5.74) is -0.954. The fraction of sp³-hybridized carbons (Fsp3) is 0.682. The third-order valence-electron chi connectivity index (χ3n) is 5.28. The van der Waals surface area contributed by atoms with Crippen molar-refractivity contribution in [2.45, 2.75) is 65.1 Å². The van der Waals surface area contributed by atoms with Crippen molar-refractivity contribution in [2.75, 3.05) is 26.6 Å². The number of hydrogen-bond acceptors (Lipinski definition) is 12. The Labute approximate surface area is 231 Å². The Morgan fingerprint density at radius 3 is 2.71 bits per heavy atom. The first-order chi connectivity index (χ1) is 18.0. The Bertz CT molecular complexity index is 1200. The highest BCUT2D eigenvalue weighted by molar-refractivity contribution is 8.49. The molecule has 0 aliphatic carbocycles. The molecule has 0 bridgehead atoms. The molecule has 16 heteroatoms. The van der Waals surface area contributed by atoms with Gasteiger partial charge in [0.25, 0.3) is 5.56 Å². The van der Waals surface area contributed by atoms with Crippen LogP contribution in [0.4, 0.5) is 0 Å². The van der Waals surface area contributed by atoms with Crippen molar-refractivity contribution in [3.63, 3.8) is 0 Å². The van der Waals surface area contributed by atoms with E-state index in [9.17, 15) is 14.2 Å². The summed E-state index contributed by atoms with van der Waals surface area (Å²) in [6.07, 6.45) is 1.60. The Kier molecular flexibility index (Phi) is 13.3. The molecule has 0 saturated carbocycles. The summed E-state index contributed by atoms with van der Waals surface area (Å²) in [7, 11) is -0.632. The van der Waals surface area contributed by atoms with Crippen molar-refractivity contribution in [1.82, 2.24) is 9.55 Å². The Morgan fingerprint density at radius 2 is 2.13 bits per heavy atom. The molecule has 1 N–H and O–H groups in total. The predicted octanol–water partition coefficient (Wildman–Crippen LogP) is 4.30. The monoisotopic (exact) mass is 610 g/mol. The second kappa shape index (κ2) is 15.4. The highest BCUT2D eigenvalue weighted by atomic mass is 32.7. The predicted molar refractivity (Wildman–Crippen MR) is 147 cm³/mol. The minimum atomic E-state index is -3.54. The third-order valence-corrected chi connectivity index (χ3v) is 9.41. The van der Waals surface area contributed by atoms with E-state index in [1.54, 1.807) is 13.2 Å². The number of nitrogens with zero attached hydrogens (tertiary/aromatic N) is 2. The summed E-state index contributed by atoms with van der Waals surface area (Å²) in [6.45, 7) is 3.67. The van der Waals surface area contributed by atoms with Crippen molar-refractivity contribution < 1.29 is 32.1 Å². The largest absolute Gasteiger partial charge is 0.585 e. The van der Waals surface area contributed by atoms with Crippen LogP contribution in [-0.2, 0) is 43.9 Å². The van der Waals surface area contributed by atoms with Crippen LogP contribution < -0.4 is 11.2 Å². The van der Waals surface area contributed by atoms with Crippen molar-refractivity contribution in [2.24, 2.45) is 5.92 Å². The quantitative estimate of drug-likeness (QED) is 0.171. The van der Waals surface area contributed by atoms with Gasteiger partial charge in [-0.15, -0.1) is 4.52 Å².